The van der Waals surface area contributed by atoms with Crippen molar-refractivity contribution in [3.05, 3.63) is 80.5 Å². The van der Waals surface area contributed by atoms with Crippen molar-refractivity contribution in [2.75, 3.05) is 0 Å². The zero-order valence-electron chi connectivity index (χ0n) is 13.4. The van der Waals surface area contributed by atoms with Crippen LogP contribution in [0.25, 0.3) is 0 Å². The van der Waals surface area contributed by atoms with Gasteiger partial charge in [-0.05, 0) is 45.8 Å². The van der Waals surface area contributed by atoms with Crippen LogP contribution in [0.2, 0.25) is 0 Å². The Morgan fingerprint density at radius 1 is 1.19 bits per heavy atom. The summed E-state index contributed by atoms with van der Waals surface area (Å²) in [4.78, 5) is 12.3. The highest BCUT2D eigenvalue weighted by Crippen LogP contribution is 2.17. The number of hydrogen-bond donors (Lipinski definition) is 2. The van der Waals surface area contributed by atoms with E-state index in [0.29, 0.717) is 16.6 Å². The molecule has 1 amide bonds. The molecule has 0 aliphatic rings. The largest absolute Gasteiger partial charge is 0.507 e. The lowest BCUT2D eigenvalue weighted by atomic mass is 10.2. The van der Waals surface area contributed by atoms with Crippen molar-refractivity contribution in [3.8, 4) is 5.75 Å². The van der Waals surface area contributed by atoms with Crippen molar-refractivity contribution < 1.29 is 9.90 Å². The highest BCUT2D eigenvalue weighted by atomic mass is 79.9. The molecular weight excluding hydrogens is 464 g/mol. The van der Waals surface area contributed by atoms with Crippen molar-refractivity contribution in [1.82, 2.24) is 15.2 Å². The number of rotatable bonds is 5. The standard InChI is InChI=1S/C18H14Br2N4O2/c19-14-7-5-12(6-8-14)10-24-11-15(20)17(23-24)18(26)22-21-9-13-3-1-2-4-16(13)25/h1-9,11,25H,10H2,(H,22,26)/b21-9+. The van der Waals surface area contributed by atoms with E-state index in [9.17, 15) is 9.90 Å². The highest BCUT2D eigenvalue weighted by Gasteiger charge is 2.15. The second kappa shape index (κ2) is 8.29. The number of halogens is 2. The number of carbonyl (C=O) groups is 1. The number of amides is 1. The maximum atomic E-state index is 12.3. The first kappa shape index (κ1) is 18.3. The Bertz CT molecular complexity index is 952. The van der Waals surface area contributed by atoms with Crippen LogP contribution in [0.3, 0.4) is 0 Å². The number of nitrogens with one attached hydrogen (secondary N) is 1. The third-order valence-electron chi connectivity index (χ3n) is 3.50. The highest BCUT2D eigenvalue weighted by molar-refractivity contribution is 9.10. The summed E-state index contributed by atoms with van der Waals surface area (Å²) in [5.41, 5.74) is 4.21. The molecule has 6 nitrogen and oxygen atoms in total. The summed E-state index contributed by atoms with van der Waals surface area (Å²) >= 11 is 6.75. The minimum absolute atomic E-state index is 0.0884. The summed E-state index contributed by atoms with van der Waals surface area (Å²) in [7, 11) is 0. The first-order chi connectivity index (χ1) is 12.5. The minimum atomic E-state index is -0.446. The van der Waals surface area contributed by atoms with Gasteiger partial charge in [0, 0.05) is 16.2 Å². The average molecular weight is 478 g/mol. The lowest BCUT2D eigenvalue weighted by molar-refractivity contribution is 0.0948. The van der Waals surface area contributed by atoms with Crippen LogP contribution in [0.4, 0.5) is 0 Å². The van der Waals surface area contributed by atoms with Gasteiger partial charge in [0.2, 0.25) is 0 Å². The van der Waals surface area contributed by atoms with Crippen LogP contribution < -0.4 is 5.43 Å². The summed E-state index contributed by atoms with van der Waals surface area (Å²) in [6.07, 6.45) is 3.11. The smallest absolute Gasteiger partial charge is 0.293 e. The van der Waals surface area contributed by atoms with Gasteiger partial charge in [0.1, 0.15) is 5.75 Å². The number of hydrazone groups is 1. The second-order valence-electron chi connectivity index (χ2n) is 5.41. The maximum absolute atomic E-state index is 12.3. The minimum Gasteiger partial charge on any atom is -0.507 e. The van der Waals surface area contributed by atoms with Crippen LogP contribution in [0.15, 0.2) is 68.8 Å². The van der Waals surface area contributed by atoms with E-state index in [-0.39, 0.29) is 11.4 Å². The Balaban J connectivity index is 1.67. The zero-order chi connectivity index (χ0) is 18.5. The predicted molar refractivity (Wildman–Crippen MR) is 106 cm³/mol. The SMILES string of the molecule is O=C(N/N=C/c1ccccc1O)c1nn(Cc2ccc(Br)cc2)cc1Br. The molecule has 132 valence electrons. The second-order valence-corrected chi connectivity index (χ2v) is 7.18. The molecule has 26 heavy (non-hydrogen) atoms. The molecule has 0 aliphatic heterocycles. The third-order valence-corrected chi connectivity index (χ3v) is 4.61. The normalized spacial score (nSPS) is 11.0. The number of hydrogen-bond acceptors (Lipinski definition) is 4. The maximum Gasteiger partial charge on any atom is 0.293 e. The van der Waals surface area contributed by atoms with Crippen molar-refractivity contribution in [1.29, 1.82) is 0 Å². The topological polar surface area (TPSA) is 79.5 Å². The van der Waals surface area contributed by atoms with E-state index >= 15 is 0 Å². The first-order valence-corrected chi connectivity index (χ1v) is 9.20. The van der Waals surface area contributed by atoms with Crippen LogP contribution in [0.1, 0.15) is 21.6 Å². The van der Waals surface area contributed by atoms with Crippen LogP contribution in [-0.4, -0.2) is 27.0 Å². The monoisotopic (exact) mass is 476 g/mol. The Kier molecular flexibility index (Phi) is 5.85. The van der Waals surface area contributed by atoms with E-state index in [1.54, 1.807) is 35.1 Å². The van der Waals surface area contributed by atoms with Crippen LogP contribution >= 0.6 is 31.9 Å². The fourth-order valence-electron chi connectivity index (χ4n) is 2.22. The predicted octanol–water partition coefficient (Wildman–Crippen LogP) is 3.93. The lowest BCUT2D eigenvalue weighted by Gasteiger charge is -2.02. The number of phenolic OH excluding ortho intramolecular Hbond substituents is 1. The molecule has 0 atom stereocenters. The van der Waals surface area contributed by atoms with Crippen molar-refractivity contribution >= 4 is 44.0 Å². The van der Waals surface area contributed by atoms with E-state index in [2.05, 4.69) is 47.5 Å². The van der Waals surface area contributed by atoms with Crippen molar-refractivity contribution in [2.24, 2.45) is 5.10 Å². The molecule has 0 aliphatic carbocycles. The molecule has 3 aromatic rings. The third kappa shape index (κ3) is 4.59. The Morgan fingerprint density at radius 2 is 1.92 bits per heavy atom. The Hall–Kier alpha value is -2.45. The van der Waals surface area contributed by atoms with Crippen molar-refractivity contribution in [2.45, 2.75) is 6.54 Å². The van der Waals surface area contributed by atoms with Gasteiger partial charge in [0.05, 0.1) is 17.2 Å². The quantitative estimate of drug-likeness (QED) is 0.431. The number of carbonyl (C=O) groups excluding carboxylic acids is 1. The molecule has 8 heteroatoms. The summed E-state index contributed by atoms with van der Waals surface area (Å²) in [5, 5.41) is 17.8. The molecular formula is C18H14Br2N4O2. The molecule has 0 bridgehead atoms. The van der Waals surface area contributed by atoms with Crippen LogP contribution in [-0.2, 0) is 6.54 Å². The molecule has 0 saturated carbocycles. The van der Waals surface area contributed by atoms with Gasteiger partial charge >= 0.3 is 0 Å². The van der Waals surface area contributed by atoms with Crippen LogP contribution in [0, 0.1) is 0 Å². The number of phenols is 1. The van der Waals surface area contributed by atoms with Gasteiger partial charge in [-0.15, -0.1) is 0 Å². The molecule has 2 aromatic carbocycles. The Morgan fingerprint density at radius 3 is 2.65 bits per heavy atom. The van der Waals surface area contributed by atoms with Gasteiger partial charge < -0.3 is 5.11 Å². The molecule has 0 radical (unpaired) electrons. The molecule has 3 rings (SSSR count). The molecule has 1 heterocycles. The van der Waals surface area contributed by atoms with Gasteiger partial charge in [-0.25, -0.2) is 5.43 Å². The number of para-hydroxylation sites is 1. The van der Waals surface area contributed by atoms with Gasteiger partial charge in [-0.3, -0.25) is 9.48 Å². The summed E-state index contributed by atoms with van der Waals surface area (Å²) < 4.78 is 3.25. The van der Waals surface area contributed by atoms with E-state index in [1.165, 1.54) is 6.21 Å². The first-order valence-electron chi connectivity index (χ1n) is 7.62. The van der Waals surface area contributed by atoms with Crippen LogP contribution in [0.5, 0.6) is 5.75 Å². The molecule has 0 unspecified atom stereocenters. The zero-order valence-corrected chi connectivity index (χ0v) is 16.6. The molecule has 1 aromatic heterocycles. The van der Waals surface area contributed by atoms with E-state index in [0.717, 1.165) is 10.0 Å². The van der Waals surface area contributed by atoms with Gasteiger partial charge in [-0.2, -0.15) is 10.2 Å². The molecule has 2 N–H and O–H groups in total. The summed E-state index contributed by atoms with van der Waals surface area (Å²) in [6, 6.07) is 14.6. The van der Waals surface area contributed by atoms with E-state index in [1.807, 2.05) is 24.3 Å². The Labute approximate surface area is 166 Å². The molecule has 0 fully saturated rings. The lowest BCUT2D eigenvalue weighted by Crippen LogP contribution is -2.19. The fraction of sp³-hybridized carbons (Fsp3) is 0.0556. The van der Waals surface area contributed by atoms with Crippen molar-refractivity contribution in [3.63, 3.8) is 0 Å². The van der Waals surface area contributed by atoms with E-state index in [4.69, 9.17) is 0 Å². The van der Waals surface area contributed by atoms with Gasteiger partial charge in [-0.1, -0.05) is 40.2 Å². The number of nitrogens with zero attached hydrogens (tertiary/aromatic N) is 3. The number of aromatic hydroxyl groups is 1. The van der Waals surface area contributed by atoms with E-state index < -0.39 is 5.91 Å². The fourth-order valence-corrected chi connectivity index (χ4v) is 2.98. The van der Waals surface area contributed by atoms with Gasteiger partial charge in [0.25, 0.3) is 5.91 Å². The average Bonchev–Trinajstić information content (AvgIpc) is 2.99. The summed E-state index contributed by atoms with van der Waals surface area (Å²) in [5.74, 6) is -0.358. The molecule has 0 saturated heterocycles. The number of benzene rings is 2. The molecule has 0 spiro atoms. The number of aromatic nitrogens is 2. The summed E-state index contributed by atoms with van der Waals surface area (Å²) in [6.45, 7) is 0.542. The van der Waals surface area contributed by atoms with Gasteiger partial charge in [0.15, 0.2) is 5.69 Å².